The van der Waals surface area contributed by atoms with Crippen LogP contribution in [-0.4, -0.2) is 56.8 Å². The molecule has 3 N–H and O–H groups in total. The molecule has 40 heavy (non-hydrogen) atoms. The molecule has 11 atom stereocenters. The van der Waals surface area contributed by atoms with Crippen molar-refractivity contribution in [1.82, 2.24) is 0 Å². The normalized spacial score (nSPS) is 50.0. The highest BCUT2D eigenvalue weighted by molar-refractivity contribution is 5.90. The fourth-order valence-corrected chi connectivity index (χ4v) is 11.6. The predicted octanol–water partition coefficient (Wildman–Crippen LogP) is 5.74. The van der Waals surface area contributed by atoms with E-state index in [1.165, 1.54) is 0 Å². The van der Waals surface area contributed by atoms with Gasteiger partial charge in [-0.15, -0.1) is 0 Å². The van der Waals surface area contributed by atoms with Gasteiger partial charge in [0.05, 0.1) is 23.4 Å². The molecule has 4 saturated carbocycles. The average Bonchev–Trinajstić information content (AvgIpc) is 3.40. The summed E-state index contributed by atoms with van der Waals surface area (Å²) in [5, 5.41) is 31.8. The maximum atomic E-state index is 12.3. The fourth-order valence-electron chi connectivity index (χ4n) is 11.6. The lowest BCUT2D eigenvalue weighted by Gasteiger charge is -2.70. The van der Waals surface area contributed by atoms with E-state index >= 15 is 0 Å². The van der Waals surface area contributed by atoms with Crippen LogP contribution in [-0.2, 0) is 19.1 Å². The average molecular weight is 563 g/mol. The van der Waals surface area contributed by atoms with Crippen molar-refractivity contribution in [3.8, 4) is 0 Å². The topological polar surface area (TPSA) is 113 Å². The largest absolute Gasteiger partial charge is 0.481 e. The molecule has 1 saturated heterocycles. The van der Waals surface area contributed by atoms with Crippen molar-refractivity contribution in [1.29, 1.82) is 0 Å². The number of rotatable bonds is 5. The summed E-state index contributed by atoms with van der Waals surface area (Å²) in [7, 11) is 0. The fraction of sp³-hybridized carbons (Fsp3) is 0.939. The minimum Gasteiger partial charge on any atom is -0.481 e. The molecule has 1 heterocycles. The molecule has 0 bridgehead atoms. The van der Waals surface area contributed by atoms with Gasteiger partial charge in [-0.05, 0) is 118 Å². The lowest BCUT2D eigenvalue weighted by molar-refractivity contribution is -0.251. The Labute approximate surface area is 240 Å². The minimum atomic E-state index is -1.15. The van der Waals surface area contributed by atoms with Crippen LogP contribution in [0.5, 0.6) is 0 Å². The number of carbonyl (C=O) groups is 2. The molecule has 228 valence electrons. The third kappa shape index (κ3) is 4.30. The molecule has 5 rings (SSSR count). The molecule has 0 aromatic rings. The third-order valence-corrected chi connectivity index (χ3v) is 13.8. The molecule has 0 aromatic carbocycles. The lowest BCUT2D eigenvalue weighted by atomic mass is 9.35. The van der Waals surface area contributed by atoms with Crippen molar-refractivity contribution >= 4 is 11.9 Å². The summed E-state index contributed by atoms with van der Waals surface area (Å²) in [6.07, 6.45) is 6.97. The van der Waals surface area contributed by atoms with Crippen molar-refractivity contribution in [3.63, 3.8) is 0 Å². The molecule has 5 fully saturated rings. The Morgan fingerprint density at radius 3 is 2.15 bits per heavy atom. The highest BCUT2D eigenvalue weighted by atomic mass is 16.5. The number of hydrogen-bond acceptors (Lipinski definition) is 6. The second-order valence-corrected chi connectivity index (χ2v) is 16.5. The van der Waals surface area contributed by atoms with Crippen molar-refractivity contribution < 1.29 is 34.4 Å². The van der Waals surface area contributed by atoms with E-state index in [9.17, 15) is 19.8 Å². The minimum absolute atomic E-state index is 0.000972. The highest BCUT2D eigenvalue weighted by Gasteiger charge is 2.72. The summed E-state index contributed by atoms with van der Waals surface area (Å²) >= 11 is 0. The molecule has 1 aliphatic heterocycles. The summed E-state index contributed by atoms with van der Waals surface area (Å²) in [6, 6.07) is 0. The number of carboxylic acid groups (broad SMARTS) is 1. The Kier molecular flexibility index (Phi) is 7.12. The number of fused-ring (bicyclic) bond motifs is 5. The van der Waals surface area contributed by atoms with Crippen LogP contribution in [0.15, 0.2) is 0 Å². The number of ether oxygens (including phenoxy) is 2. The zero-order valence-corrected chi connectivity index (χ0v) is 26.1. The van der Waals surface area contributed by atoms with Crippen LogP contribution in [0.4, 0.5) is 0 Å². The van der Waals surface area contributed by atoms with Crippen LogP contribution in [0, 0.1) is 45.3 Å². The Morgan fingerprint density at radius 1 is 0.900 bits per heavy atom. The van der Waals surface area contributed by atoms with E-state index in [-0.39, 0.29) is 51.3 Å². The standard InChI is InChI=1S/C33H54O7/c1-28(2)21-10-15-31(6)22(30(21,5)13-11-23(28)39-26(37)18-25(35)36)17-20(34)27-19(9-14-32(27,31)7)33(8)16-12-24(40-33)29(3,4)38/h19-24,27,34,38H,9-18H2,1-8H3,(H,35,36)/t19-,20+,21-,22+,23+,24+,27-,30-,31+,32+,33-/m0/s1. The van der Waals surface area contributed by atoms with Gasteiger partial charge in [0.2, 0.25) is 0 Å². The van der Waals surface area contributed by atoms with Crippen LogP contribution in [0.25, 0.3) is 0 Å². The van der Waals surface area contributed by atoms with Gasteiger partial charge < -0.3 is 24.8 Å². The Balaban J connectivity index is 1.41. The lowest BCUT2D eigenvalue weighted by Crippen LogP contribution is -2.66. The summed E-state index contributed by atoms with van der Waals surface area (Å²) in [5.74, 6) is -0.694. The molecule has 0 radical (unpaired) electrons. The number of carbonyl (C=O) groups excluding carboxylic acids is 1. The van der Waals surface area contributed by atoms with Gasteiger partial charge in [0.1, 0.15) is 12.5 Å². The molecule has 0 amide bonds. The second kappa shape index (κ2) is 9.41. The van der Waals surface area contributed by atoms with Crippen LogP contribution in [0.1, 0.15) is 120 Å². The maximum absolute atomic E-state index is 12.3. The van der Waals surface area contributed by atoms with Gasteiger partial charge in [-0.1, -0.05) is 34.6 Å². The predicted molar refractivity (Wildman–Crippen MR) is 151 cm³/mol. The van der Waals surface area contributed by atoms with E-state index in [0.717, 1.165) is 57.8 Å². The van der Waals surface area contributed by atoms with E-state index in [2.05, 4.69) is 41.5 Å². The molecule has 7 heteroatoms. The van der Waals surface area contributed by atoms with Gasteiger partial charge in [0, 0.05) is 5.41 Å². The van der Waals surface area contributed by atoms with Gasteiger partial charge in [-0.3, -0.25) is 9.59 Å². The number of carboxylic acids is 1. The Hall–Kier alpha value is -1.18. The highest BCUT2D eigenvalue weighted by Crippen LogP contribution is 2.76. The van der Waals surface area contributed by atoms with Crippen LogP contribution in [0.2, 0.25) is 0 Å². The van der Waals surface area contributed by atoms with Crippen LogP contribution < -0.4 is 0 Å². The van der Waals surface area contributed by atoms with E-state index in [1.807, 2.05) is 13.8 Å². The quantitative estimate of drug-likeness (QED) is 0.289. The molecule has 0 unspecified atom stereocenters. The first-order valence-corrected chi connectivity index (χ1v) is 15.8. The first-order chi connectivity index (χ1) is 18.3. The van der Waals surface area contributed by atoms with E-state index < -0.39 is 30.1 Å². The van der Waals surface area contributed by atoms with Gasteiger partial charge in [-0.2, -0.15) is 0 Å². The number of hydrogen-bond donors (Lipinski definition) is 3. The van der Waals surface area contributed by atoms with Gasteiger partial charge in [-0.25, -0.2) is 0 Å². The third-order valence-electron chi connectivity index (χ3n) is 13.8. The van der Waals surface area contributed by atoms with E-state index in [1.54, 1.807) is 0 Å². The number of aliphatic carboxylic acids is 1. The van der Waals surface area contributed by atoms with Crippen LogP contribution >= 0.6 is 0 Å². The van der Waals surface area contributed by atoms with Crippen molar-refractivity contribution in [2.75, 3.05) is 0 Å². The van der Waals surface area contributed by atoms with Crippen LogP contribution in [0.3, 0.4) is 0 Å². The summed E-state index contributed by atoms with van der Waals surface area (Å²) in [6.45, 7) is 17.7. The summed E-state index contributed by atoms with van der Waals surface area (Å²) < 4.78 is 12.5. The molecule has 7 nitrogen and oxygen atoms in total. The van der Waals surface area contributed by atoms with Gasteiger partial charge >= 0.3 is 11.9 Å². The molecule has 4 aliphatic carbocycles. The van der Waals surface area contributed by atoms with Crippen molar-refractivity contribution in [2.45, 2.75) is 149 Å². The zero-order valence-electron chi connectivity index (χ0n) is 26.1. The first-order valence-electron chi connectivity index (χ1n) is 15.8. The SMILES string of the molecule is CC(C)(O)[C@H]1CC[C@@](C)([C@H]2CC[C@]3(C)[C@@H]2[C@H](O)C[C@@H]2[C@@]4(C)CC[C@@H](OC(=O)CC(=O)O)C(C)(C)[C@@H]4CC[C@]23C)O1. The van der Waals surface area contributed by atoms with Gasteiger partial charge in [0.15, 0.2) is 0 Å². The number of aliphatic hydroxyl groups excluding tert-OH is 1. The van der Waals surface area contributed by atoms with E-state index in [0.29, 0.717) is 11.8 Å². The molecular weight excluding hydrogens is 508 g/mol. The Morgan fingerprint density at radius 2 is 1.55 bits per heavy atom. The monoisotopic (exact) mass is 562 g/mol. The van der Waals surface area contributed by atoms with E-state index in [4.69, 9.17) is 14.6 Å². The Bertz CT molecular complexity index is 1030. The molecular formula is C33H54O7. The maximum Gasteiger partial charge on any atom is 0.317 e. The molecule has 0 aromatic heterocycles. The van der Waals surface area contributed by atoms with Crippen molar-refractivity contribution in [3.05, 3.63) is 0 Å². The molecule has 5 aliphatic rings. The zero-order chi connectivity index (χ0) is 29.7. The summed E-state index contributed by atoms with van der Waals surface area (Å²) in [4.78, 5) is 23.4. The number of aliphatic hydroxyl groups is 2. The number of esters is 1. The molecule has 0 spiro atoms. The van der Waals surface area contributed by atoms with Crippen molar-refractivity contribution in [2.24, 2.45) is 45.3 Å². The summed E-state index contributed by atoms with van der Waals surface area (Å²) in [5.41, 5.74) is -1.42. The smallest absolute Gasteiger partial charge is 0.317 e. The first kappa shape index (κ1) is 30.3. The second-order valence-electron chi connectivity index (χ2n) is 16.5. The van der Waals surface area contributed by atoms with Gasteiger partial charge in [0.25, 0.3) is 0 Å².